The molecule has 2 N–H and O–H groups in total. The van der Waals surface area contributed by atoms with Crippen molar-refractivity contribution in [2.45, 2.75) is 13.1 Å². The van der Waals surface area contributed by atoms with E-state index in [0.717, 1.165) is 11.1 Å². The molecule has 0 atom stereocenters. The van der Waals surface area contributed by atoms with Crippen LogP contribution in [0.2, 0.25) is 0 Å². The van der Waals surface area contributed by atoms with E-state index in [0.29, 0.717) is 35.2 Å². The zero-order valence-electron chi connectivity index (χ0n) is 12.7. The molecule has 2 aromatic rings. The Morgan fingerprint density at radius 1 is 0.833 bits per heavy atom. The zero-order chi connectivity index (χ0) is 17.2. The zero-order valence-corrected chi connectivity index (χ0v) is 14.3. The van der Waals surface area contributed by atoms with Crippen molar-refractivity contribution in [2.24, 2.45) is 5.73 Å². The number of nitrogens with zero attached hydrogens (tertiary/aromatic N) is 1. The van der Waals surface area contributed by atoms with Crippen LogP contribution in [0.15, 0.2) is 60.7 Å². The normalized spacial score (nSPS) is 10.0. The summed E-state index contributed by atoms with van der Waals surface area (Å²) in [5.74, 6) is 0. The van der Waals surface area contributed by atoms with Crippen molar-refractivity contribution in [1.29, 1.82) is 0 Å². The maximum atomic E-state index is 12.3. The molecule has 126 valence electrons. The van der Waals surface area contributed by atoms with E-state index in [1.54, 1.807) is 4.90 Å². The Labute approximate surface area is 148 Å². The van der Waals surface area contributed by atoms with E-state index >= 15 is 0 Å². The minimum absolute atomic E-state index is 0.399. The number of hydrogen-bond acceptors (Lipinski definition) is 6. The van der Waals surface area contributed by atoms with Gasteiger partial charge in [-0.15, -0.1) is 0 Å². The predicted molar refractivity (Wildman–Crippen MR) is 94.5 cm³/mol. The van der Waals surface area contributed by atoms with Crippen LogP contribution < -0.4 is 5.73 Å². The average Bonchev–Trinajstić information content (AvgIpc) is 2.59. The van der Waals surface area contributed by atoms with Gasteiger partial charge in [0, 0.05) is 13.1 Å². The highest BCUT2D eigenvalue weighted by molar-refractivity contribution is 8.73. The van der Waals surface area contributed by atoms with E-state index in [2.05, 4.69) is 4.18 Å². The van der Waals surface area contributed by atoms with Gasteiger partial charge in [0.2, 0.25) is 0 Å². The number of benzene rings is 2. The molecule has 0 heterocycles. The summed E-state index contributed by atoms with van der Waals surface area (Å²) < 4.78 is 9.46. The van der Waals surface area contributed by atoms with Gasteiger partial charge in [-0.05, 0) is 11.1 Å². The molecule has 2 amide bonds. The molecule has 6 nitrogen and oxygen atoms in total. The van der Waals surface area contributed by atoms with Gasteiger partial charge in [0.15, 0.2) is 22.1 Å². The standard InChI is InChI=1S/C16H16N2O4S2/c17-15(19)21-23-24-22-16(20)18(11-13-7-3-1-4-8-13)12-14-9-5-2-6-10-14/h1-10H,11-12H2,(H2,17,19). The molecule has 0 fully saturated rings. The molecular formula is C16H16N2O4S2. The first kappa shape index (κ1) is 18.0. The van der Waals surface area contributed by atoms with Gasteiger partial charge in [0.25, 0.3) is 0 Å². The lowest BCUT2D eigenvalue weighted by Crippen LogP contribution is -2.29. The van der Waals surface area contributed by atoms with Gasteiger partial charge in [-0.3, -0.25) is 4.90 Å². The van der Waals surface area contributed by atoms with E-state index in [9.17, 15) is 9.59 Å². The third-order valence-electron chi connectivity index (χ3n) is 2.94. The van der Waals surface area contributed by atoms with Gasteiger partial charge >= 0.3 is 12.2 Å². The molecule has 0 aliphatic rings. The Morgan fingerprint density at radius 3 is 1.75 bits per heavy atom. The van der Waals surface area contributed by atoms with Crippen molar-refractivity contribution < 1.29 is 18.0 Å². The summed E-state index contributed by atoms with van der Waals surface area (Å²) in [6.07, 6.45) is -1.48. The van der Waals surface area contributed by atoms with Gasteiger partial charge in [0.1, 0.15) is 0 Å². The molecule has 0 aromatic heterocycles. The topological polar surface area (TPSA) is 81.9 Å². The number of rotatable bonds is 7. The molecule has 2 aromatic carbocycles. The van der Waals surface area contributed by atoms with Crippen LogP contribution in [-0.2, 0) is 21.5 Å². The quantitative estimate of drug-likeness (QED) is 0.452. The fourth-order valence-electron chi connectivity index (χ4n) is 1.94. The molecule has 0 radical (unpaired) electrons. The van der Waals surface area contributed by atoms with Crippen LogP contribution in [0.4, 0.5) is 9.59 Å². The summed E-state index contributed by atoms with van der Waals surface area (Å²) in [6, 6.07) is 19.2. The van der Waals surface area contributed by atoms with E-state index in [4.69, 9.17) is 9.92 Å². The lowest BCUT2D eigenvalue weighted by Gasteiger charge is -2.21. The Bertz CT molecular complexity index is 614. The SMILES string of the molecule is NC(=O)OSSOC(=O)N(Cc1ccccc1)Cc1ccccc1. The summed E-state index contributed by atoms with van der Waals surface area (Å²) in [6.45, 7) is 0.799. The Kier molecular flexibility index (Phi) is 7.31. The van der Waals surface area contributed by atoms with E-state index in [1.165, 1.54) is 0 Å². The first-order chi connectivity index (χ1) is 11.6. The van der Waals surface area contributed by atoms with Crippen molar-refractivity contribution in [3.05, 3.63) is 71.8 Å². The van der Waals surface area contributed by atoms with Crippen LogP contribution in [0.5, 0.6) is 0 Å². The average molecular weight is 364 g/mol. The first-order valence-electron chi connectivity index (χ1n) is 6.99. The second-order valence-corrected chi connectivity index (χ2v) is 6.14. The van der Waals surface area contributed by atoms with E-state index in [1.807, 2.05) is 60.7 Å². The lowest BCUT2D eigenvalue weighted by molar-refractivity contribution is 0.154. The molecule has 0 bridgehead atoms. The summed E-state index contributed by atoms with van der Waals surface area (Å²) in [7, 11) is 0. The third kappa shape index (κ3) is 6.43. The van der Waals surface area contributed by atoms with Gasteiger partial charge < -0.3 is 14.1 Å². The van der Waals surface area contributed by atoms with Gasteiger partial charge in [0.05, 0.1) is 0 Å². The van der Waals surface area contributed by atoms with Gasteiger partial charge in [-0.1, -0.05) is 60.7 Å². The summed E-state index contributed by atoms with van der Waals surface area (Å²) >= 11 is 1.23. The van der Waals surface area contributed by atoms with Crippen molar-refractivity contribution in [2.75, 3.05) is 0 Å². The fraction of sp³-hybridized carbons (Fsp3) is 0.125. The Balaban J connectivity index is 1.98. The highest BCUT2D eigenvalue weighted by Crippen LogP contribution is 2.25. The van der Waals surface area contributed by atoms with Crippen molar-refractivity contribution in [3.63, 3.8) is 0 Å². The number of hydrogen-bond donors (Lipinski definition) is 1. The molecule has 0 saturated heterocycles. The molecule has 0 unspecified atom stereocenters. The largest absolute Gasteiger partial charge is 0.423 e. The van der Waals surface area contributed by atoms with Crippen molar-refractivity contribution >= 4 is 34.3 Å². The maximum absolute atomic E-state index is 12.3. The van der Waals surface area contributed by atoms with Crippen molar-refractivity contribution in [3.8, 4) is 0 Å². The monoisotopic (exact) mass is 364 g/mol. The Hall–Kier alpha value is -2.32. The first-order valence-corrected chi connectivity index (χ1v) is 8.99. The van der Waals surface area contributed by atoms with Gasteiger partial charge in [-0.2, -0.15) is 0 Å². The molecular weight excluding hydrogens is 348 g/mol. The smallest absolute Gasteiger partial charge is 0.360 e. The van der Waals surface area contributed by atoms with Crippen LogP contribution in [0.25, 0.3) is 0 Å². The summed E-state index contributed by atoms with van der Waals surface area (Å²) in [4.78, 5) is 24.3. The minimum Gasteiger partial charge on any atom is -0.360 e. The van der Waals surface area contributed by atoms with Gasteiger partial charge in [-0.25, -0.2) is 9.59 Å². The van der Waals surface area contributed by atoms with Crippen LogP contribution in [0.1, 0.15) is 11.1 Å². The molecule has 8 heteroatoms. The predicted octanol–water partition coefficient (Wildman–Crippen LogP) is 4.13. The van der Waals surface area contributed by atoms with E-state index in [-0.39, 0.29) is 0 Å². The number of nitrogens with two attached hydrogens (primary N) is 1. The summed E-state index contributed by atoms with van der Waals surface area (Å²) in [5, 5.41) is 0. The molecule has 0 aliphatic carbocycles. The maximum Gasteiger partial charge on any atom is 0.423 e. The number of primary amides is 1. The van der Waals surface area contributed by atoms with Crippen LogP contribution in [0, 0.1) is 0 Å². The number of amides is 2. The number of carbonyl (C=O) groups excluding carboxylic acids is 2. The molecule has 0 aliphatic heterocycles. The third-order valence-corrected chi connectivity index (χ3v) is 4.01. The second-order valence-electron chi connectivity index (χ2n) is 4.71. The molecule has 24 heavy (non-hydrogen) atoms. The second kappa shape index (κ2) is 9.74. The fourth-order valence-corrected chi connectivity index (χ4v) is 2.76. The summed E-state index contributed by atoms with van der Waals surface area (Å²) in [5.41, 5.74) is 6.79. The Morgan fingerprint density at radius 2 is 1.29 bits per heavy atom. The van der Waals surface area contributed by atoms with Crippen molar-refractivity contribution in [1.82, 2.24) is 4.90 Å². The number of carbonyl (C=O) groups is 2. The minimum atomic E-state index is -0.950. The highest BCUT2D eigenvalue weighted by Gasteiger charge is 2.17. The highest BCUT2D eigenvalue weighted by atomic mass is 33.1. The molecule has 0 spiro atoms. The molecule has 0 saturated carbocycles. The van der Waals surface area contributed by atoms with Crippen LogP contribution in [0.3, 0.4) is 0 Å². The van der Waals surface area contributed by atoms with Crippen LogP contribution >= 0.6 is 22.1 Å². The lowest BCUT2D eigenvalue weighted by atomic mass is 10.2. The van der Waals surface area contributed by atoms with E-state index < -0.39 is 12.2 Å². The van der Waals surface area contributed by atoms with Crippen LogP contribution in [-0.4, -0.2) is 17.1 Å². The molecule has 2 rings (SSSR count).